The topological polar surface area (TPSA) is 118 Å². The van der Waals surface area contributed by atoms with E-state index in [0.29, 0.717) is 32.2 Å². The van der Waals surface area contributed by atoms with E-state index in [4.69, 9.17) is 19.6 Å². The molecule has 6 rings (SSSR count). The molecule has 0 spiro atoms. The molecule has 1 aliphatic heterocycles. The van der Waals surface area contributed by atoms with Gasteiger partial charge >= 0.3 is 5.97 Å². The van der Waals surface area contributed by atoms with E-state index in [9.17, 15) is 14.7 Å². The summed E-state index contributed by atoms with van der Waals surface area (Å²) in [5.41, 5.74) is 6.86. The first-order valence-electron chi connectivity index (χ1n) is 16.1. The number of amides is 1. The third kappa shape index (κ3) is 8.89. The number of rotatable bonds is 14. The van der Waals surface area contributed by atoms with Gasteiger partial charge in [0.15, 0.2) is 10.6 Å². The molecule has 5 aromatic rings. The summed E-state index contributed by atoms with van der Waals surface area (Å²) in [6.07, 6.45) is 1.30. The number of nitrogens with zero attached hydrogens (tertiary/aromatic N) is 1. The van der Waals surface area contributed by atoms with E-state index in [0.717, 1.165) is 49.0 Å². The Labute approximate surface area is 288 Å². The zero-order valence-corrected chi connectivity index (χ0v) is 28.1. The Balaban J connectivity index is 1.14. The maximum Gasteiger partial charge on any atom is 0.303 e. The standard InChI is InChI=1S/C38H38N2O6S2/c41-23-25-13-15-27(16-14-25)33-21-30(24-47-38-40-32-9-3-4-10-34(32)48-38)45-37(46-33)28-19-17-26(18-20-28)31-8-2-1-7-29(31)22-39-35(42)11-5-6-12-36(43)44/h1-4,7-10,13-20,30,33,37,41H,5-6,11-12,21-24H2,(H,39,42)(H,43,44)/t30-,33+,37+/m1/s1. The van der Waals surface area contributed by atoms with Gasteiger partial charge in [-0.25, -0.2) is 4.98 Å². The highest BCUT2D eigenvalue weighted by Crippen LogP contribution is 2.40. The molecule has 0 saturated carbocycles. The van der Waals surface area contributed by atoms with E-state index < -0.39 is 12.3 Å². The number of aliphatic carboxylic acids is 1. The van der Waals surface area contributed by atoms with Gasteiger partial charge in [-0.05, 0) is 52.8 Å². The SMILES string of the molecule is O=C(O)CCCCC(=O)NCc1ccccc1-c1ccc([C@H]2O[C@@H](CSc3nc4ccccc4s3)C[C@@H](c3ccc(CO)cc3)O2)cc1. The van der Waals surface area contributed by atoms with E-state index in [1.165, 1.54) is 4.70 Å². The lowest BCUT2D eigenvalue weighted by atomic mass is 9.97. The lowest BCUT2D eigenvalue weighted by Crippen LogP contribution is -2.31. The van der Waals surface area contributed by atoms with E-state index >= 15 is 0 Å². The number of thioether (sulfide) groups is 1. The molecule has 1 saturated heterocycles. The van der Waals surface area contributed by atoms with Crippen LogP contribution in [0.1, 0.15) is 66.8 Å². The van der Waals surface area contributed by atoms with Crippen molar-refractivity contribution in [2.45, 2.75) is 68.1 Å². The number of ether oxygens (including phenoxy) is 2. The highest BCUT2D eigenvalue weighted by Gasteiger charge is 2.32. The zero-order valence-electron chi connectivity index (χ0n) is 26.4. The summed E-state index contributed by atoms with van der Waals surface area (Å²) in [5.74, 6) is -0.194. The number of carbonyl (C=O) groups excluding carboxylic acids is 1. The number of hydrogen-bond acceptors (Lipinski definition) is 8. The molecule has 3 N–H and O–H groups in total. The second-order valence-corrected chi connectivity index (χ2v) is 14.1. The molecule has 4 aromatic carbocycles. The zero-order chi connectivity index (χ0) is 33.3. The number of para-hydroxylation sites is 1. The number of nitrogens with one attached hydrogen (secondary N) is 1. The lowest BCUT2D eigenvalue weighted by Gasteiger charge is -2.36. The molecule has 48 heavy (non-hydrogen) atoms. The Bertz CT molecular complexity index is 1790. The molecule has 1 fully saturated rings. The molecule has 3 atom stereocenters. The van der Waals surface area contributed by atoms with Gasteiger partial charge in [0.25, 0.3) is 0 Å². The van der Waals surface area contributed by atoms with Crippen molar-refractivity contribution in [3.63, 3.8) is 0 Å². The van der Waals surface area contributed by atoms with Gasteiger partial charge in [-0.1, -0.05) is 96.7 Å². The number of aliphatic hydroxyl groups is 1. The summed E-state index contributed by atoms with van der Waals surface area (Å²) >= 11 is 3.40. The van der Waals surface area contributed by atoms with E-state index in [-0.39, 0.29) is 31.1 Å². The summed E-state index contributed by atoms with van der Waals surface area (Å²) in [6, 6.07) is 32.2. The normalized spacial score (nSPS) is 17.7. The van der Waals surface area contributed by atoms with Crippen molar-refractivity contribution in [3.05, 3.63) is 119 Å². The molecule has 0 aliphatic carbocycles. The van der Waals surface area contributed by atoms with Crippen molar-refractivity contribution >= 4 is 45.2 Å². The van der Waals surface area contributed by atoms with Gasteiger partial charge in [0.05, 0.1) is 29.0 Å². The number of benzene rings is 4. The highest BCUT2D eigenvalue weighted by atomic mass is 32.2. The first-order chi connectivity index (χ1) is 23.4. The summed E-state index contributed by atoms with van der Waals surface area (Å²) < 4.78 is 15.3. The fourth-order valence-corrected chi connectivity index (χ4v) is 7.83. The van der Waals surface area contributed by atoms with Crippen LogP contribution in [0, 0.1) is 0 Å². The number of fused-ring (bicyclic) bond motifs is 1. The minimum Gasteiger partial charge on any atom is -0.481 e. The lowest BCUT2D eigenvalue weighted by molar-refractivity contribution is -0.245. The number of unbranched alkanes of at least 4 members (excludes halogenated alkanes) is 1. The molecule has 0 radical (unpaired) electrons. The molecule has 1 aliphatic rings. The Hall–Kier alpha value is -4.06. The van der Waals surface area contributed by atoms with Crippen LogP contribution in [-0.4, -0.2) is 38.9 Å². The molecule has 8 nitrogen and oxygen atoms in total. The van der Waals surface area contributed by atoms with Gasteiger partial charge in [-0.15, -0.1) is 11.3 Å². The average Bonchev–Trinajstić information content (AvgIpc) is 3.55. The van der Waals surface area contributed by atoms with Crippen LogP contribution in [0.3, 0.4) is 0 Å². The van der Waals surface area contributed by atoms with E-state index in [2.05, 4.69) is 23.5 Å². The molecule has 248 valence electrons. The van der Waals surface area contributed by atoms with Crippen LogP contribution in [-0.2, 0) is 32.2 Å². The van der Waals surface area contributed by atoms with Crippen LogP contribution < -0.4 is 5.32 Å². The first kappa shape index (κ1) is 33.8. The van der Waals surface area contributed by atoms with E-state index in [1.54, 1.807) is 23.1 Å². The Morgan fingerprint density at radius 2 is 1.60 bits per heavy atom. The van der Waals surface area contributed by atoms with Gasteiger partial charge < -0.3 is 25.0 Å². The first-order valence-corrected chi connectivity index (χ1v) is 17.9. The summed E-state index contributed by atoms with van der Waals surface area (Å²) in [4.78, 5) is 27.9. The number of aromatic nitrogens is 1. The third-order valence-corrected chi connectivity index (χ3v) is 10.6. The minimum atomic E-state index is -0.843. The van der Waals surface area contributed by atoms with Crippen LogP contribution in [0.4, 0.5) is 0 Å². The van der Waals surface area contributed by atoms with Gasteiger partial charge in [-0.2, -0.15) is 0 Å². The summed E-state index contributed by atoms with van der Waals surface area (Å²) in [5, 5.41) is 21.3. The second kappa shape index (κ2) is 16.4. The molecule has 0 bridgehead atoms. The maximum atomic E-state index is 12.4. The van der Waals surface area contributed by atoms with Crippen LogP contribution in [0.25, 0.3) is 21.3 Å². The quantitative estimate of drug-likeness (QED) is 0.0796. The van der Waals surface area contributed by atoms with Crippen LogP contribution in [0.5, 0.6) is 0 Å². The van der Waals surface area contributed by atoms with Gasteiger partial charge in [0.2, 0.25) is 5.91 Å². The monoisotopic (exact) mass is 682 g/mol. The van der Waals surface area contributed by atoms with Crippen molar-refractivity contribution in [1.82, 2.24) is 10.3 Å². The average molecular weight is 683 g/mol. The Morgan fingerprint density at radius 1 is 0.875 bits per heavy atom. The smallest absolute Gasteiger partial charge is 0.303 e. The predicted molar refractivity (Wildman–Crippen MR) is 189 cm³/mol. The third-order valence-electron chi connectivity index (χ3n) is 8.31. The fourth-order valence-electron chi connectivity index (χ4n) is 5.72. The molecular weight excluding hydrogens is 645 g/mol. The van der Waals surface area contributed by atoms with Crippen molar-refractivity contribution in [2.24, 2.45) is 0 Å². The Kier molecular flexibility index (Phi) is 11.5. The van der Waals surface area contributed by atoms with Gasteiger partial charge in [0.1, 0.15) is 0 Å². The van der Waals surface area contributed by atoms with Gasteiger partial charge in [0, 0.05) is 37.1 Å². The van der Waals surface area contributed by atoms with Crippen LogP contribution in [0.2, 0.25) is 0 Å². The van der Waals surface area contributed by atoms with Crippen molar-refractivity contribution in [2.75, 3.05) is 5.75 Å². The summed E-state index contributed by atoms with van der Waals surface area (Å²) in [7, 11) is 0. The van der Waals surface area contributed by atoms with Crippen molar-refractivity contribution in [1.29, 1.82) is 0 Å². The van der Waals surface area contributed by atoms with Crippen LogP contribution >= 0.6 is 23.1 Å². The molecule has 1 aromatic heterocycles. The number of aliphatic hydroxyl groups excluding tert-OH is 1. The van der Waals surface area contributed by atoms with E-state index in [1.807, 2.05) is 78.9 Å². The summed E-state index contributed by atoms with van der Waals surface area (Å²) in [6.45, 7) is 0.380. The second-order valence-electron chi connectivity index (χ2n) is 11.8. The maximum absolute atomic E-state index is 12.4. The number of thiazole rings is 1. The van der Waals surface area contributed by atoms with Crippen molar-refractivity contribution in [3.8, 4) is 11.1 Å². The number of carboxylic acid groups (broad SMARTS) is 1. The number of hydrogen-bond donors (Lipinski definition) is 3. The number of carbonyl (C=O) groups is 2. The van der Waals surface area contributed by atoms with Gasteiger partial charge in [-0.3, -0.25) is 9.59 Å². The largest absolute Gasteiger partial charge is 0.481 e. The fraction of sp³-hybridized carbons (Fsp3) is 0.289. The van der Waals surface area contributed by atoms with Crippen LogP contribution in [0.15, 0.2) is 101 Å². The molecule has 2 heterocycles. The molecule has 1 amide bonds. The van der Waals surface area contributed by atoms with Crippen molar-refractivity contribution < 1.29 is 29.3 Å². The molecule has 10 heteroatoms. The Morgan fingerprint density at radius 3 is 2.38 bits per heavy atom. The predicted octanol–water partition coefficient (Wildman–Crippen LogP) is 8.05. The molecular formula is C38H38N2O6S2. The number of carboxylic acids is 1. The highest BCUT2D eigenvalue weighted by molar-refractivity contribution is 8.01. The minimum absolute atomic E-state index is 0.00455. The molecule has 0 unspecified atom stereocenters.